The molecule has 7 heteroatoms. The Balaban J connectivity index is 3.61. The number of hydrogen-bond acceptors (Lipinski definition) is 4. The van der Waals surface area contributed by atoms with Gasteiger partial charge in [-0.2, -0.15) is 0 Å². The average Bonchev–Trinajstić information content (AvgIpc) is 1.68. The van der Waals surface area contributed by atoms with Crippen LogP contribution < -0.4 is 5.90 Å². The quantitative estimate of drug-likeness (QED) is 0.448. The summed E-state index contributed by atoms with van der Waals surface area (Å²) in [4.78, 5) is 0. The van der Waals surface area contributed by atoms with Crippen molar-refractivity contribution in [3.05, 3.63) is 0 Å². The minimum absolute atomic E-state index is 0.985. The molecule has 7 heavy (non-hydrogen) atoms. The zero-order chi connectivity index (χ0) is 5.91. The van der Waals surface area contributed by atoms with E-state index in [1.165, 1.54) is 0 Å². The molecule has 0 saturated carbocycles. The topological polar surface area (TPSA) is 81.8 Å². The van der Waals surface area contributed by atoms with Gasteiger partial charge in [-0.25, -0.2) is 0 Å². The molecule has 0 aromatic heterocycles. The molecule has 43 valence electrons. The molecule has 0 aliphatic rings. The van der Waals surface area contributed by atoms with Crippen molar-refractivity contribution in [2.45, 2.75) is 0 Å². The van der Waals surface area contributed by atoms with Crippen LogP contribution in [0.25, 0.3) is 0 Å². The zero-order valence-electron chi connectivity index (χ0n) is 3.10. The molecule has 0 heterocycles. The summed E-state index contributed by atoms with van der Waals surface area (Å²) in [5.41, 5.74) is 0. The summed E-state index contributed by atoms with van der Waals surface area (Å²) >= 11 is -3.43. The summed E-state index contributed by atoms with van der Waals surface area (Å²) in [6.45, 7) is 0. The van der Waals surface area contributed by atoms with E-state index in [1.54, 1.807) is 0 Å². The van der Waals surface area contributed by atoms with Gasteiger partial charge in [0.05, 0.1) is 0 Å². The number of nitrogens with two attached hydrogens (primary N) is 1. The van der Waals surface area contributed by atoms with Crippen LogP contribution in [-0.2, 0) is 30.1 Å². The Labute approximate surface area is 54.8 Å². The van der Waals surface area contributed by atoms with Crippen LogP contribution in [0, 0.1) is 0 Å². The molecule has 0 aromatic carbocycles. The van der Waals surface area contributed by atoms with Crippen LogP contribution in [0.1, 0.15) is 0 Å². The molecule has 1 atom stereocenters. The molecule has 1 unspecified atom stereocenters. The molecule has 3 N–H and O–H groups in total. The fourth-order valence-corrected chi connectivity index (χ4v) is 0.540. The van der Waals surface area contributed by atoms with Crippen LogP contribution >= 0.6 is 0 Å². The van der Waals surface area contributed by atoms with Crippen LogP contribution in [0.2, 0.25) is 0 Å². The SMILES string of the molecule is NO[As](=O)(O)[O][Mo]. The summed E-state index contributed by atoms with van der Waals surface area (Å²) in [5, 5.41) is 0. The van der Waals surface area contributed by atoms with Crippen LogP contribution in [-0.4, -0.2) is 18.6 Å². The zero-order valence-corrected chi connectivity index (χ0v) is 6.99. The predicted molar refractivity (Wildman–Crippen MR) is 15.0 cm³/mol. The minimum atomic E-state index is -4.41. The summed E-state index contributed by atoms with van der Waals surface area (Å²) in [5.74, 6) is 4.31. The van der Waals surface area contributed by atoms with Gasteiger partial charge >= 0.3 is 54.6 Å². The fraction of sp³-hybridized carbons (Fsp3) is 0. The Morgan fingerprint density at radius 1 is 1.86 bits per heavy atom. The van der Waals surface area contributed by atoms with Gasteiger partial charge in [0.1, 0.15) is 0 Å². The van der Waals surface area contributed by atoms with Gasteiger partial charge in [-0.3, -0.25) is 0 Å². The Kier molecular flexibility index (Phi) is 3.40. The number of hydrogen-bond donors (Lipinski definition) is 2. The maximum absolute atomic E-state index is 10.0. The first-order chi connectivity index (χ1) is 3.12. The third-order valence-corrected chi connectivity index (χ3v) is 3.59. The van der Waals surface area contributed by atoms with Crippen molar-refractivity contribution in [1.82, 2.24) is 0 Å². The van der Waals surface area contributed by atoms with Gasteiger partial charge in [0, 0.05) is 0 Å². The van der Waals surface area contributed by atoms with Gasteiger partial charge in [-0.05, 0) is 0 Å². The van der Waals surface area contributed by atoms with Crippen molar-refractivity contribution in [3.8, 4) is 0 Å². The molecule has 0 bridgehead atoms. The maximum atomic E-state index is 10.0. The van der Waals surface area contributed by atoms with Crippen molar-refractivity contribution >= 4 is 14.5 Å². The van der Waals surface area contributed by atoms with Crippen molar-refractivity contribution in [3.63, 3.8) is 0 Å². The normalized spacial score (nSPS) is 18.6. The van der Waals surface area contributed by atoms with Crippen LogP contribution in [0.15, 0.2) is 0 Å². The standard InChI is InChI=1S/AsH4NO4.Mo/c2-6-1(3,4)5;/h2H2,(H2,3,4,5);/q;+1/p-1. The Hall–Kier alpha value is 0.887. The summed E-state index contributed by atoms with van der Waals surface area (Å²) in [6, 6.07) is 0. The third-order valence-electron chi connectivity index (χ3n) is 0.227. The summed E-state index contributed by atoms with van der Waals surface area (Å²) in [6.07, 6.45) is 0. The average molecular weight is 252 g/mol. The van der Waals surface area contributed by atoms with E-state index >= 15 is 0 Å². The summed E-state index contributed by atoms with van der Waals surface area (Å²) < 4.78 is 25.6. The molecule has 0 aliphatic heterocycles. The van der Waals surface area contributed by atoms with Crippen LogP contribution in [0.3, 0.4) is 0 Å². The fourth-order valence-electron chi connectivity index (χ4n) is 0.0176. The second kappa shape index (κ2) is 3.02. The Morgan fingerprint density at radius 3 is 2.29 bits per heavy atom. The van der Waals surface area contributed by atoms with Crippen molar-refractivity contribution in [2.24, 2.45) is 5.90 Å². The van der Waals surface area contributed by atoms with Gasteiger partial charge in [0.25, 0.3) is 0 Å². The monoisotopic (exact) mass is 254 g/mol. The number of rotatable bonds is 2. The van der Waals surface area contributed by atoms with E-state index in [-0.39, 0.29) is 0 Å². The van der Waals surface area contributed by atoms with Crippen molar-refractivity contribution < 1.29 is 34.2 Å². The molecule has 0 rings (SSSR count). The molecule has 5 nitrogen and oxygen atoms in total. The van der Waals surface area contributed by atoms with Crippen molar-refractivity contribution in [1.29, 1.82) is 0 Å². The van der Waals surface area contributed by atoms with Crippen molar-refractivity contribution in [2.75, 3.05) is 0 Å². The van der Waals surface area contributed by atoms with Gasteiger partial charge < -0.3 is 0 Å². The van der Waals surface area contributed by atoms with E-state index in [4.69, 9.17) is 4.10 Å². The first kappa shape index (κ1) is 7.89. The molecule has 0 spiro atoms. The van der Waals surface area contributed by atoms with Gasteiger partial charge in [-0.1, -0.05) is 0 Å². The Morgan fingerprint density at radius 2 is 2.29 bits per heavy atom. The Bertz CT molecular complexity index is 83.7. The molecule has 0 radical (unpaired) electrons. The van der Waals surface area contributed by atoms with E-state index in [9.17, 15) is 3.74 Å². The molecule has 0 amide bonds. The first-order valence-corrected chi connectivity index (χ1v) is 5.11. The first-order valence-electron chi connectivity index (χ1n) is 1.15. The molecular weight excluding hydrogens is 249 g/mol. The van der Waals surface area contributed by atoms with E-state index < -0.39 is 14.5 Å². The molecular formula is H3AsMoNO4. The molecule has 0 aromatic rings. The van der Waals surface area contributed by atoms with E-state index in [1.807, 2.05) is 0 Å². The molecule has 0 saturated heterocycles. The van der Waals surface area contributed by atoms with Gasteiger partial charge in [-0.15, -0.1) is 0 Å². The van der Waals surface area contributed by atoms with Gasteiger partial charge in [0.2, 0.25) is 0 Å². The third kappa shape index (κ3) is 3.47. The second-order valence-corrected chi connectivity index (χ2v) is 5.27. The van der Waals surface area contributed by atoms with Gasteiger partial charge in [0.15, 0.2) is 0 Å². The molecule has 0 aliphatic carbocycles. The summed E-state index contributed by atoms with van der Waals surface area (Å²) in [7, 11) is 0. The van der Waals surface area contributed by atoms with E-state index in [0.717, 1.165) is 20.2 Å². The second-order valence-electron chi connectivity index (χ2n) is 0.649. The predicted octanol–water partition coefficient (Wildman–Crippen LogP) is -1.79. The van der Waals surface area contributed by atoms with Crippen LogP contribution in [0.5, 0.6) is 0 Å². The molecule has 0 fully saturated rings. The van der Waals surface area contributed by atoms with E-state index in [2.05, 4.69) is 12.1 Å². The van der Waals surface area contributed by atoms with Crippen LogP contribution in [0.4, 0.5) is 0 Å². The van der Waals surface area contributed by atoms with E-state index in [0.29, 0.717) is 0 Å².